The lowest BCUT2D eigenvalue weighted by Gasteiger charge is -2.08. The molecule has 0 bridgehead atoms. The lowest BCUT2D eigenvalue weighted by Crippen LogP contribution is -2.19. The van der Waals surface area contributed by atoms with Crippen molar-refractivity contribution < 1.29 is 8.42 Å². The van der Waals surface area contributed by atoms with Crippen LogP contribution in [0, 0.1) is 6.92 Å². The molecule has 1 aromatic heterocycles. The summed E-state index contributed by atoms with van der Waals surface area (Å²) in [6.45, 7) is 2.19. The van der Waals surface area contributed by atoms with Crippen molar-refractivity contribution in [2.75, 3.05) is 17.0 Å². The molecule has 0 amide bonds. The van der Waals surface area contributed by atoms with E-state index in [-0.39, 0.29) is 5.75 Å². The van der Waals surface area contributed by atoms with Crippen molar-refractivity contribution in [1.82, 2.24) is 4.98 Å². The average molecular weight is 229 g/mol. The van der Waals surface area contributed by atoms with E-state index in [1.165, 1.54) is 6.20 Å². The molecule has 3 N–H and O–H groups in total. The number of aryl methyl sites for hydroxylation is 1. The number of rotatable bonds is 5. The highest BCUT2D eigenvalue weighted by atomic mass is 32.2. The summed E-state index contributed by atoms with van der Waals surface area (Å²) >= 11 is 0. The number of sulfonamides is 1. The topological polar surface area (TPSA) is 85.1 Å². The molecule has 5 nitrogen and oxygen atoms in total. The Morgan fingerprint density at radius 3 is 2.87 bits per heavy atom. The summed E-state index contributed by atoms with van der Waals surface area (Å²) in [5.41, 5.74) is 6.63. The summed E-state index contributed by atoms with van der Waals surface area (Å²) in [7, 11) is -3.29. The fraction of sp³-hybridized carbons (Fsp3) is 0.444. The molecular weight excluding hydrogens is 214 g/mol. The van der Waals surface area contributed by atoms with Crippen LogP contribution in [0.25, 0.3) is 0 Å². The van der Waals surface area contributed by atoms with Gasteiger partial charge in [-0.2, -0.15) is 0 Å². The van der Waals surface area contributed by atoms with Crippen LogP contribution in [0.1, 0.15) is 12.0 Å². The van der Waals surface area contributed by atoms with Gasteiger partial charge < -0.3 is 5.73 Å². The third kappa shape index (κ3) is 3.85. The highest BCUT2D eigenvalue weighted by molar-refractivity contribution is 7.92. The van der Waals surface area contributed by atoms with E-state index in [4.69, 9.17) is 5.73 Å². The Morgan fingerprint density at radius 1 is 1.53 bits per heavy atom. The molecule has 0 radical (unpaired) electrons. The minimum absolute atomic E-state index is 0.0395. The van der Waals surface area contributed by atoms with Crippen LogP contribution in [0.15, 0.2) is 18.5 Å². The van der Waals surface area contributed by atoms with Gasteiger partial charge in [-0.05, 0) is 31.5 Å². The van der Waals surface area contributed by atoms with Gasteiger partial charge in [-0.15, -0.1) is 0 Å². The van der Waals surface area contributed by atoms with Crippen molar-refractivity contribution in [1.29, 1.82) is 0 Å². The standard InChI is InChI=1S/C9H15N3O2S/c1-8-3-5-11-7-9(8)12-15(13,14)6-2-4-10/h3,5,7,12H,2,4,6,10H2,1H3. The second-order valence-corrected chi connectivity index (χ2v) is 5.10. The predicted molar refractivity (Wildman–Crippen MR) is 60.1 cm³/mol. The van der Waals surface area contributed by atoms with Crippen molar-refractivity contribution in [3.63, 3.8) is 0 Å². The smallest absolute Gasteiger partial charge is 0.232 e. The fourth-order valence-electron chi connectivity index (χ4n) is 1.06. The van der Waals surface area contributed by atoms with Crippen molar-refractivity contribution in [2.45, 2.75) is 13.3 Å². The van der Waals surface area contributed by atoms with Crippen LogP contribution >= 0.6 is 0 Å². The molecule has 1 rings (SSSR count). The third-order valence-corrected chi connectivity index (χ3v) is 3.28. The molecule has 0 saturated carbocycles. The number of aromatic nitrogens is 1. The van der Waals surface area contributed by atoms with Gasteiger partial charge in [0.05, 0.1) is 17.6 Å². The van der Waals surface area contributed by atoms with E-state index in [9.17, 15) is 8.42 Å². The largest absolute Gasteiger partial charge is 0.330 e. The summed E-state index contributed by atoms with van der Waals surface area (Å²) in [6, 6.07) is 1.75. The minimum Gasteiger partial charge on any atom is -0.330 e. The van der Waals surface area contributed by atoms with Crippen LogP contribution in [0.4, 0.5) is 5.69 Å². The van der Waals surface area contributed by atoms with Gasteiger partial charge >= 0.3 is 0 Å². The number of hydrogen-bond acceptors (Lipinski definition) is 4. The predicted octanol–water partition coefficient (Wildman–Crippen LogP) is 0.481. The summed E-state index contributed by atoms with van der Waals surface area (Å²) in [5.74, 6) is 0.0395. The van der Waals surface area contributed by atoms with Crippen LogP contribution in [0.3, 0.4) is 0 Å². The first-order chi connectivity index (χ1) is 7.05. The number of nitrogens with one attached hydrogen (secondary N) is 1. The molecule has 84 valence electrons. The molecule has 0 aromatic carbocycles. The average Bonchev–Trinajstić information content (AvgIpc) is 2.18. The second-order valence-electron chi connectivity index (χ2n) is 3.25. The number of nitrogens with zero attached hydrogens (tertiary/aromatic N) is 1. The highest BCUT2D eigenvalue weighted by Gasteiger charge is 2.10. The summed E-state index contributed by atoms with van der Waals surface area (Å²) in [4.78, 5) is 3.86. The Hall–Kier alpha value is -1.14. The first kappa shape index (κ1) is 11.9. The van der Waals surface area contributed by atoms with E-state index in [0.717, 1.165) is 5.56 Å². The lowest BCUT2D eigenvalue weighted by atomic mass is 10.3. The molecule has 1 aromatic rings. The van der Waals surface area contributed by atoms with Gasteiger partial charge in [0.25, 0.3) is 0 Å². The van der Waals surface area contributed by atoms with E-state index >= 15 is 0 Å². The summed E-state index contributed by atoms with van der Waals surface area (Å²) in [6.07, 6.45) is 3.57. The van der Waals surface area contributed by atoms with Crippen LogP contribution in [-0.4, -0.2) is 25.7 Å². The first-order valence-corrected chi connectivity index (χ1v) is 6.31. The van der Waals surface area contributed by atoms with E-state index in [1.54, 1.807) is 12.3 Å². The summed E-state index contributed by atoms with van der Waals surface area (Å²) < 4.78 is 25.5. The zero-order valence-corrected chi connectivity index (χ0v) is 9.42. The van der Waals surface area contributed by atoms with Crippen molar-refractivity contribution in [3.05, 3.63) is 24.0 Å². The molecule has 0 saturated heterocycles. The summed E-state index contributed by atoms with van der Waals surface area (Å²) in [5, 5.41) is 0. The maximum absolute atomic E-state index is 11.5. The van der Waals surface area contributed by atoms with Gasteiger partial charge in [0.1, 0.15) is 0 Å². The normalized spacial score (nSPS) is 11.3. The molecule has 15 heavy (non-hydrogen) atoms. The molecule has 0 fully saturated rings. The molecule has 0 aliphatic heterocycles. The minimum atomic E-state index is -3.29. The van der Waals surface area contributed by atoms with E-state index in [0.29, 0.717) is 18.7 Å². The second kappa shape index (κ2) is 5.09. The van der Waals surface area contributed by atoms with Gasteiger partial charge in [0.2, 0.25) is 10.0 Å². The lowest BCUT2D eigenvalue weighted by molar-refractivity contribution is 0.598. The third-order valence-electron chi connectivity index (χ3n) is 1.92. The zero-order chi connectivity index (χ0) is 11.3. The Kier molecular flexibility index (Phi) is 4.05. The Morgan fingerprint density at radius 2 is 2.27 bits per heavy atom. The van der Waals surface area contributed by atoms with Gasteiger partial charge in [-0.25, -0.2) is 8.42 Å². The molecule has 1 heterocycles. The van der Waals surface area contributed by atoms with Gasteiger partial charge in [0, 0.05) is 6.20 Å². The number of nitrogens with two attached hydrogens (primary N) is 1. The van der Waals surface area contributed by atoms with E-state index in [1.807, 2.05) is 6.92 Å². The van der Waals surface area contributed by atoms with E-state index in [2.05, 4.69) is 9.71 Å². The van der Waals surface area contributed by atoms with Crippen molar-refractivity contribution in [3.8, 4) is 0 Å². The number of hydrogen-bond donors (Lipinski definition) is 2. The molecular formula is C9H15N3O2S. The molecule has 0 spiro atoms. The van der Waals surface area contributed by atoms with Crippen molar-refractivity contribution in [2.24, 2.45) is 5.73 Å². The van der Waals surface area contributed by atoms with Crippen LogP contribution in [0.2, 0.25) is 0 Å². The van der Waals surface area contributed by atoms with E-state index < -0.39 is 10.0 Å². The molecule has 0 unspecified atom stereocenters. The number of anilines is 1. The van der Waals surface area contributed by atoms with Crippen LogP contribution < -0.4 is 10.5 Å². The van der Waals surface area contributed by atoms with Crippen LogP contribution in [-0.2, 0) is 10.0 Å². The first-order valence-electron chi connectivity index (χ1n) is 4.66. The molecule has 0 aliphatic rings. The van der Waals surface area contributed by atoms with Gasteiger partial charge in [0.15, 0.2) is 0 Å². The molecule has 6 heteroatoms. The maximum atomic E-state index is 11.5. The quantitative estimate of drug-likeness (QED) is 0.769. The Labute approximate surface area is 89.8 Å². The fourth-order valence-corrected chi connectivity index (χ4v) is 2.26. The molecule has 0 aliphatic carbocycles. The number of pyridine rings is 1. The van der Waals surface area contributed by atoms with Crippen LogP contribution in [0.5, 0.6) is 0 Å². The maximum Gasteiger partial charge on any atom is 0.232 e. The van der Waals surface area contributed by atoms with Crippen molar-refractivity contribution >= 4 is 15.7 Å². The monoisotopic (exact) mass is 229 g/mol. The highest BCUT2D eigenvalue weighted by Crippen LogP contribution is 2.13. The molecule has 0 atom stereocenters. The zero-order valence-electron chi connectivity index (χ0n) is 8.60. The van der Waals surface area contributed by atoms with Gasteiger partial charge in [-0.3, -0.25) is 9.71 Å². The SMILES string of the molecule is Cc1ccncc1NS(=O)(=O)CCCN. The Bertz CT molecular complexity index is 417. The van der Waals surface area contributed by atoms with Gasteiger partial charge in [-0.1, -0.05) is 0 Å². The Balaban J connectivity index is 2.74.